The van der Waals surface area contributed by atoms with E-state index in [2.05, 4.69) is 419 Å². The molecule has 20 rings (SSSR count). The summed E-state index contributed by atoms with van der Waals surface area (Å²) in [6.45, 7) is -0.418. The van der Waals surface area contributed by atoms with Crippen LogP contribution in [0.1, 0.15) is 0 Å². The average Bonchev–Trinajstić information content (AvgIpc) is 0.691. The van der Waals surface area contributed by atoms with Gasteiger partial charge in [-0.3, -0.25) is 0 Å². The summed E-state index contributed by atoms with van der Waals surface area (Å²) in [4.78, 5) is 12.5. The molecule has 0 radical (unpaired) electrons. The van der Waals surface area contributed by atoms with Gasteiger partial charge < -0.3 is 29.2 Å². The van der Waals surface area contributed by atoms with Crippen LogP contribution in [0, 0.1) is 0 Å². The molecule has 0 saturated heterocycles. The van der Waals surface area contributed by atoms with Crippen molar-refractivity contribution in [1.82, 2.24) is 0 Å². The number of hydrogen-bond acceptors (Lipinski definition) is 6. The number of rotatable bonds is 13. The Hall–Kier alpha value is -13.6. The van der Waals surface area contributed by atoms with E-state index in [1.807, 2.05) is 0 Å². The van der Waals surface area contributed by atoms with Crippen LogP contribution in [-0.2, 0) is 0 Å². The highest BCUT2D eigenvalue weighted by atomic mass is 16.5. The molecule has 6 nitrogen and oxygen atoms in total. The quantitative estimate of drug-likeness (QED) is 0.107. The zero-order valence-corrected chi connectivity index (χ0v) is 56.8. The van der Waals surface area contributed by atoms with Crippen molar-refractivity contribution >= 4 is 132 Å². The van der Waals surface area contributed by atoms with Gasteiger partial charge in [0, 0.05) is 80.0 Å². The van der Waals surface area contributed by atoms with Crippen LogP contribution in [0.15, 0.2) is 394 Å². The molecule has 16 aromatic carbocycles. The van der Waals surface area contributed by atoms with E-state index in [1.54, 1.807) is 0 Å². The van der Waals surface area contributed by atoms with Gasteiger partial charge in [0.15, 0.2) is 0 Å². The molecule has 104 heavy (non-hydrogen) atoms. The summed E-state index contributed by atoms with van der Waals surface area (Å²) in [7, 11) is 0. The lowest BCUT2D eigenvalue weighted by atomic mass is 9.30. The maximum absolute atomic E-state index is 7.42. The predicted molar refractivity (Wildman–Crippen MR) is 437 cm³/mol. The minimum atomic E-state index is -0.216. The Morgan fingerprint density at radius 2 is 0.490 bits per heavy atom. The molecule has 0 bridgehead atoms. The summed E-state index contributed by atoms with van der Waals surface area (Å²) >= 11 is 0. The predicted octanol–water partition coefficient (Wildman–Crippen LogP) is 21.8. The second-order valence-corrected chi connectivity index (χ2v) is 27.1. The highest BCUT2D eigenvalue weighted by Crippen LogP contribution is 2.52. The van der Waals surface area contributed by atoms with Crippen LogP contribution < -0.4 is 62.0 Å². The summed E-state index contributed by atoms with van der Waals surface area (Å²) in [6.07, 6.45) is 0. The molecule has 8 heteroatoms. The molecule has 0 spiro atoms. The molecule has 4 heterocycles. The Labute approximate surface area is 607 Å². The van der Waals surface area contributed by atoms with Gasteiger partial charge in [-0.05, 0) is 199 Å². The maximum atomic E-state index is 7.42. The summed E-state index contributed by atoms with van der Waals surface area (Å²) in [6, 6.07) is 144. The van der Waals surface area contributed by atoms with Gasteiger partial charge in [-0.1, -0.05) is 267 Å². The summed E-state index contributed by atoms with van der Waals surface area (Å²) in [5.41, 5.74) is 32.3. The Bertz CT molecular complexity index is 5710. The van der Waals surface area contributed by atoms with Crippen molar-refractivity contribution in [2.24, 2.45) is 0 Å². The van der Waals surface area contributed by atoms with Crippen LogP contribution in [0.2, 0.25) is 0 Å². The van der Waals surface area contributed by atoms with E-state index >= 15 is 0 Å². The molecule has 0 saturated carbocycles. The standard InChI is InChI=1S/C96H65B2N5O/c1-8-26-66(27-9-1)70-44-52-77(53-45-70)99(78-54-46-71(47-55-78)67-28-10-2-11-29-67)81-60-90-95-91(61-81)102(75-36-18-6-19-37-75)88-65-89-86(64-85(88)97(95)83-40-22-24-42-87(83)101(90)74-34-16-5-17-35-74)98-84-41-23-25-43-93(84)104-94-63-82(62-92(96(94)98)103(89)76-38-20-7-21-39-76)100(79-56-48-72(49-57-79)68-30-12-3-13-31-68)80-58-50-73(51-59-80)69-32-14-4-15-33-69/h1-65H. The largest absolute Gasteiger partial charge is 0.458 e. The molecule has 0 fully saturated rings. The van der Waals surface area contributed by atoms with Crippen LogP contribution in [0.5, 0.6) is 11.5 Å². The number of ether oxygens (including phenoxy) is 1. The zero-order chi connectivity index (χ0) is 68.6. The molecular weight excluding hydrogens is 1260 g/mol. The number of anilines is 15. The topological polar surface area (TPSA) is 25.4 Å². The first-order chi connectivity index (χ1) is 51.6. The van der Waals surface area contributed by atoms with E-state index in [9.17, 15) is 0 Å². The molecule has 16 aromatic rings. The lowest BCUT2D eigenvalue weighted by Gasteiger charge is -2.46. The van der Waals surface area contributed by atoms with E-state index in [0.717, 1.165) is 130 Å². The number of fused-ring (bicyclic) bond motifs is 8. The van der Waals surface area contributed by atoms with Crippen LogP contribution >= 0.6 is 0 Å². The molecule has 486 valence electrons. The van der Waals surface area contributed by atoms with Gasteiger partial charge in [0.1, 0.15) is 11.5 Å². The fraction of sp³-hybridized carbons (Fsp3) is 0. The summed E-state index contributed by atoms with van der Waals surface area (Å²) in [5, 5.41) is 0. The van der Waals surface area contributed by atoms with Gasteiger partial charge in [-0.2, -0.15) is 0 Å². The van der Waals surface area contributed by atoms with Crippen LogP contribution in [0.4, 0.5) is 85.3 Å². The highest BCUT2D eigenvalue weighted by Gasteiger charge is 2.48. The molecule has 0 atom stereocenters. The second-order valence-electron chi connectivity index (χ2n) is 27.1. The first-order valence-corrected chi connectivity index (χ1v) is 35.8. The molecular formula is C96H65B2N5O. The van der Waals surface area contributed by atoms with E-state index in [-0.39, 0.29) is 13.4 Å². The number of hydrogen-bond donors (Lipinski definition) is 0. The van der Waals surface area contributed by atoms with E-state index in [0.29, 0.717) is 0 Å². The van der Waals surface area contributed by atoms with Crippen molar-refractivity contribution in [3.8, 4) is 56.0 Å². The molecule has 4 aliphatic rings. The second kappa shape index (κ2) is 25.3. The van der Waals surface area contributed by atoms with Crippen LogP contribution in [-0.4, -0.2) is 13.4 Å². The lowest BCUT2D eigenvalue weighted by molar-refractivity contribution is 0.487. The molecule has 0 unspecified atom stereocenters. The van der Waals surface area contributed by atoms with E-state index < -0.39 is 0 Å². The van der Waals surface area contributed by atoms with Gasteiger partial charge in [0.05, 0.1) is 11.4 Å². The molecule has 0 N–H and O–H groups in total. The van der Waals surface area contributed by atoms with Gasteiger partial charge in [-0.25, -0.2) is 0 Å². The Kier molecular flexibility index (Phi) is 14.7. The Morgan fingerprint density at radius 3 is 0.885 bits per heavy atom. The normalized spacial score (nSPS) is 12.6. The zero-order valence-electron chi connectivity index (χ0n) is 56.8. The summed E-state index contributed by atoms with van der Waals surface area (Å²) < 4.78 is 7.42. The monoisotopic (exact) mass is 1330 g/mol. The minimum absolute atomic E-state index is 0.201. The third-order valence-electron chi connectivity index (χ3n) is 21.2. The van der Waals surface area contributed by atoms with Gasteiger partial charge >= 0.3 is 0 Å². The van der Waals surface area contributed by atoms with Crippen molar-refractivity contribution < 1.29 is 4.74 Å². The maximum Gasteiger partial charge on any atom is 0.256 e. The summed E-state index contributed by atoms with van der Waals surface area (Å²) in [5.74, 6) is 1.66. The van der Waals surface area contributed by atoms with E-state index in [4.69, 9.17) is 4.74 Å². The molecule has 0 aromatic heterocycles. The highest BCUT2D eigenvalue weighted by molar-refractivity contribution is 7.02. The average molecular weight is 1330 g/mol. The molecule has 0 aliphatic carbocycles. The van der Waals surface area contributed by atoms with Crippen LogP contribution in [0.25, 0.3) is 44.5 Å². The number of nitrogens with zero attached hydrogens (tertiary/aromatic N) is 5. The minimum Gasteiger partial charge on any atom is -0.458 e. The van der Waals surface area contributed by atoms with Crippen molar-refractivity contribution in [3.05, 3.63) is 394 Å². The first-order valence-electron chi connectivity index (χ1n) is 35.8. The third-order valence-corrected chi connectivity index (χ3v) is 21.2. The number of para-hydroxylation sites is 5. The fourth-order valence-electron chi connectivity index (χ4n) is 16.6. The van der Waals surface area contributed by atoms with Crippen molar-refractivity contribution in [2.45, 2.75) is 0 Å². The third kappa shape index (κ3) is 10.3. The van der Waals surface area contributed by atoms with Crippen molar-refractivity contribution in [1.29, 1.82) is 0 Å². The fourth-order valence-corrected chi connectivity index (χ4v) is 16.6. The van der Waals surface area contributed by atoms with Gasteiger partial charge in [0.25, 0.3) is 13.4 Å². The molecule has 0 amide bonds. The van der Waals surface area contributed by atoms with E-state index in [1.165, 1.54) is 44.1 Å². The lowest BCUT2D eigenvalue weighted by Crippen LogP contribution is -2.64. The SMILES string of the molecule is c1ccc(-c2ccc(N(c3ccc(-c4ccccc4)cc3)c3cc4c5c(c3)N(c3ccccc3)c3cc6c(cc3B5c3ccccc3O4)B3c4ccccc4N(c4ccccc4)c4cc(N(c5ccc(-c7ccccc7)cc5)c5ccc(-c7ccccc7)cc5)cc(c43)N6c3ccccc3)cc2)cc1. The Morgan fingerprint density at radius 1 is 0.192 bits per heavy atom. The van der Waals surface area contributed by atoms with Gasteiger partial charge in [0.2, 0.25) is 0 Å². The van der Waals surface area contributed by atoms with Crippen LogP contribution in [0.3, 0.4) is 0 Å². The smallest absolute Gasteiger partial charge is 0.256 e. The van der Waals surface area contributed by atoms with Crippen molar-refractivity contribution in [3.63, 3.8) is 0 Å². The van der Waals surface area contributed by atoms with Gasteiger partial charge in [-0.15, -0.1) is 0 Å². The number of benzene rings is 16. The Balaban J connectivity index is 0.836. The first kappa shape index (κ1) is 60.4. The van der Waals surface area contributed by atoms with Crippen molar-refractivity contribution in [2.75, 3.05) is 24.5 Å². The molecule has 4 aliphatic heterocycles.